The number of hydrogen-bond acceptors (Lipinski definition) is 6. The number of halogens is 1. The Morgan fingerprint density at radius 1 is 1.06 bits per heavy atom. The molecular formula is C24H20ClNO5S. The first-order chi connectivity index (χ1) is 15.4. The molecule has 0 aliphatic carbocycles. The highest BCUT2D eigenvalue weighted by Crippen LogP contribution is 2.46. The van der Waals surface area contributed by atoms with Crippen molar-refractivity contribution in [3.8, 4) is 11.5 Å². The second-order valence-electron chi connectivity index (χ2n) is 7.16. The summed E-state index contributed by atoms with van der Waals surface area (Å²) in [6.45, 7) is 1.91. The first kappa shape index (κ1) is 21.9. The number of aliphatic hydroxyl groups is 1. The monoisotopic (exact) mass is 469 g/mol. The minimum atomic E-state index is -0.788. The first-order valence-electron chi connectivity index (χ1n) is 9.71. The smallest absolute Gasteiger partial charge is 0.300 e. The van der Waals surface area contributed by atoms with Gasteiger partial charge in [-0.05, 0) is 42.1 Å². The van der Waals surface area contributed by atoms with Crippen LogP contribution in [0.3, 0.4) is 0 Å². The molecule has 1 aliphatic rings. The minimum absolute atomic E-state index is 0.0212. The molecule has 1 aromatic heterocycles. The molecule has 2 heterocycles. The fourth-order valence-corrected chi connectivity index (χ4v) is 5.05. The third-order valence-corrected chi connectivity index (χ3v) is 6.72. The van der Waals surface area contributed by atoms with E-state index in [0.717, 1.165) is 10.4 Å². The number of para-hydroxylation sites is 1. The van der Waals surface area contributed by atoms with Crippen LogP contribution in [0.15, 0.2) is 59.5 Å². The average molecular weight is 470 g/mol. The molecule has 0 radical (unpaired) electrons. The number of methoxy groups -OCH3 is 2. The van der Waals surface area contributed by atoms with Crippen LogP contribution in [0.2, 0.25) is 5.02 Å². The molecule has 0 bridgehead atoms. The summed E-state index contributed by atoms with van der Waals surface area (Å²) < 4.78 is 10.7. The molecule has 1 amide bonds. The van der Waals surface area contributed by atoms with Crippen molar-refractivity contribution in [2.75, 3.05) is 19.1 Å². The molecule has 1 aliphatic heterocycles. The third kappa shape index (κ3) is 3.53. The van der Waals surface area contributed by atoms with Crippen molar-refractivity contribution in [2.45, 2.75) is 13.0 Å². The molecule has 32 heavy (non-hydrogen) atoms. The SMILES string of the molecule is COc1cc(/C(O)=C2\C(=O)C(=O)N(c3ccccc3)C2c2sccc2C)c(OC)cc1Cl. The maximum absolute atomic E-state index is 13.2. The Morgan fingerprint density at radius 3 is 2.34 bits per heavy atom. The van der Waals surface area contributed by atoms with Gasteiger partial charge in [-0.15, -0.1) is 11.3 Å². The Morgan fingerprint density at radius 2 is 1.75 bits per heavy atom. The molecule has 0 saturated carbocycles. The van der Waals surface area contributed by atoms with Crippen LogP contribution in [0.1, 0.15) is 22.0 Å². The zero-order valence-electron chi connectivity index (χ0n) is 17.6. The topological polar surface area (TPSA) is 76.1 Å². The van der Waals surface area contributed by atoms with Crippen molar-refractivity contribution in [1.82, 2.24) is 0 Å². The van der Waals surface area contributed by atoms with Gasteiger partial charge in [0, 0.05) is 16.6 Å². The second kappa shape index (κ2) is 8.68. The summed E-state index contributed by atoms with van der Waals surface area (Å²) in [5, 5.41) is 13.5. The van der Waals surface area contributed by atoms with Crippen molar-refractivity contribution in [3.63, 3.8) is 0 Å². The largest absolute Gasteiger partial charge is 0.507 e. The Labute approximate surface area is 194 Å². The van der Waals surface area contributed by atoms with Crippen LogP contribution in [-0.4, -0.2) is 31.0 Å². The van der Waals surface area contributed by atoms with Crippen molar-refractivity contribution in [1.29, 1.82) is 0 Å². The van der Waals surface area contributed by atoms with Gasteiger partial charge < -0.3 is 14.6 Å². The number of ketones is 1. The molecule has 1 saturated heterocycles. The summed E-state index contributed by atoms with van der Waals surface area (Å²) in [4.78, 5) is 28.6. The van der Waals surface area contributed by atoms with Crippen molar-refractivity contribution in [2.24, 2.45) is 0 Å². The second-order valence-corrected chi connectivity index (χ2v) is 8.51. The summed E-state index contributed by atoms with van der Waals surface area (Å²) in [6.07, 6.45) is 0. The summed E-state index contributed by atoms with van der Waals surface area (Å²) >= 11 is 7.62. The lowest BCUT2D eigenvalue weighted by Crippen LogP contribution is -2.29. The van der Waals surface area contributed by atoms with E-state index in [-0.39, 0.29) is 27.7 Å². The summed E-state index contributed by atoms with van der Waals surface area (Å²) in [5.74, 6) is -1.29. The van der Waals surface area contributed by atoms with E-state index in [0.29, 0.717) is 11.4 Å². The van der Waals surface area contributed by atoms with Crippen LogP contribution in [0, 0.1) is 6.92 Å². The number of hydrogen-bond donors (Lipinski definition) is 1. The molecule has 1 unspecified atom stereocenters. The number of aryl methyl sites for hydroxylation is 1. The number of ether oxygens (including phenoxy) is 2. The van der Waals surface area contributed by atoms with Gasteiger partial charge in [0.05, 0.1) is 30.4 Å². The van der Waals surface area contributed by atoms with Crippen LogP contribution in [-0.2, 0) is 9.59 Å². The highest BCUT2D eigenvalue weighted by molar-refractivity contribution is 7.10. The van der Waals surface area contributed by atoms with Gasteiger partial charge in [-0.1, -0.05) is 29.8 Å². The van der Waals surface area contributed by atoms with Gasteiger partial charge in [0.1, 0.15) is 23.3 Å². The number of carbonyl (C=O) groups excluding carboxylic acids is 2. The van der Waals surface area contributed by atoms with Gasteiger partial charge in [-0.3, -0.25) is 14.5 Å². The fraction of sp³-hybridized carbons (Fsp3) is 0.167. The lowest BCUT2D eigenvalue weighted by molar-refractivity contribution is -0.132. The maximum Gasteiger partial charge on any atom is 0.300 e. The molecule has 2 aromatic carbocycles. The Bertz CT molecular complexity index is 1230. The predicted molar refractivity (Wildman–Crippen MR) is 125 cm³/mol. The van der Waals surface area contributed by atoms with Gasteiger partial charge in [0.25, 0.3) is 11.7 Å². The van der Waals surface area contributed by atoms with Crippen LogP contribution < -0.4 is 14.4 Å². The van der Waals surface area contributed by atoms with Crippen molar-refractivity contribution < 1.29 is 24.2 Å². The van der Waals surface area contributed by atoms with Crippen LogP contribution in [0.25, 0.3) is 5.76 Å². The van der Waals surface area contributed by atoms with E-state index in [2.05, 4.69) is 0 Å². The third-order valence-electron chi connectivity index (χ3n) is 5.36. The van der Waals surface area contributed by atoms with E-state index in [1.165, 1.54) is 42.6 Å². The fourth-order valence-electron chi connectivity index (χ4n) is 3.79. The zero-order chi connectivity index (χ0) is 23.0. The minimum Gasteiger partial charge on any atom is -0.507 e. The number of aliphatic hydroxyl groups excluding tert-OH is 1. The molecule has 8 heteroatoms. The summed E-state index contributed by atoms with van der Waals surface area (Å²) in [7, 11) is 2.87. The number of anilines is 1. The lowest BCUT2D eigenvalue weighted by atomic mass is 9.97. The molecule has 4 rings (SSSR count). The van der Waals surface area contributed by atoms with E-state index < -0.39 is 17.7 Å². The number of carbonyl (C=O) groups is 2. The predicted octanol–water partition coefficient (Wildman–Crippen LogP) is 5.35. The lowest BCUT2D eigenvalue weighted by Gasteiger charge is -2.25. The number of thiophene rings is 1. The molecule has 1 atom stereocenters. The van der Waals surface area contributed by atoms with E-state index in [1.807, 2.05) is 24.4 Å². The Hall–Kier alpha value is -3.29. The van der Waals surface area contributed by atoms with E-state index in [9.17, 15) is 14.7 Å². The molecule has 3 aromatic rings. The molecule has 1 N–H and O–H groups in total. The summed E-state index contributed by atoms with van der Waals surface area (Å²) in [6, 6.07) is 13.0. The Kier molecular flexibility index (Phi) is 5.95. The van der Waals surface area contributed by atoms with E-state index in [1.54, 1.807) is 24.3 Å². The number of Topliss-reactive ketones (excluding diaryl/α,β-unsaturated/α-hetero) is 1. The number of amides is 1. The zero-order valence-corrected chi connectivity index (χ0v) is 19.2. The molecular weight excluding hydrogens is 450 g/mol. The van der Waals surface area contributed by atoms with Crippen LogP contribution in [0.4, 0.5) is 5.69 Å². The van der Waals surface area contributed by atoms with Crippen molar-refractivity contribution >= 4 is 46.1 Å². The molecule has 164 valence electrons. The van der Waals surface area contributed by atoms with Crippen LogP contribution >= 0.6 is 22.9 Å². The van der Waals surface area contributed by atoms with E-state index >= 15 is 0 Å². The molecule has 1 fully saturated rings. The van der Waals surface area contributed by atoms with Gasteiger partial charge in [0.15, 0.2) is 0 Å². The summed E-state index contributed by atoms with van der Waals surface area (Å²) in [5.41, 5.74) is 1.66. The number of benzene rings is 2. The standard InChI is InChI=1S/C24H20ClNO5S/c1-13-9-10-32-23(13)20-19(22(28)24(29)26(20)14-7-5-4-6-8-14)21(27)15-11-18(31-3)16(25)12-17(15)30-2/h4-12,20,27H,1-3H3/b21-19+. The Balaban J connectivity index is 2.00. The number of rotatable bonds is 5. The highest BCUT2D eigenvalue weighted by atomic mass is 35.5. The van der Waals surface area contributed by atoms with Gasteiger partial charge in [-0.25, -0.2) is 0 Å². The number of nitrogens with zero attached hydrogens (tertiary/aromatic N) is 1. The van der Waals surface area contributed by atoms with Gasteiger partial charge >= 0.3 is 0 Å². The van der Waals surface area contributed by atoms with Gasteiger partial charge in [-0.2, -0.15) is 0 Å². The quantitative estimate of drug-likeness (QED) is 0.309. The average Bonchev–Trinajstić information content (AvgIpc) is 3.33. The van der Waals surface area contributed by atoms with Crippen molar-refractivity contribution in [3.05, 3.63) is 80.5 Å². The van der Waals surface area contributed by atoms with Crippen LogP contribution in [0.5, 0.6) is 11.5 Å². The van der Waals surface area contributed by atoms with Gasteiger partial charge in [0.2, 0.25) is 0 Å². The normalized spacial score (nSPS) is 17.6. The highest BCUT2D eigenvalue weighted by Gasteiger charge is 2.48. The van der Waals surface area contributed by atoms with E-state index in [4.69, 9.17) is 21.1 Å². The molecule has 0 spiro atoms. The molecule has 6 nitrogen and oxygen atoms in total. The maximum atomic E-state index is 13.2. The first-order valence-corrected chi connectivity index (χ1v) is 11.0.